The van der Waals surface area contributed by atoms with Crippen molar-refractivity contribution in [1.29, 1.82) is 0 Å². The third-order valence-electron chi connectivity index (χ3n) is 1.50. The van der Waals surface area contributed by atoms with Crippen LogP contribution in [0.15, 0.2) is 0 Å². The van der Waals surface area contributed by atoms with E-state index in [1.807, 2.05) is 6.92 Å². The van der Waals surface area contributed by atoms with Crippen molar-refractivity contribution in [2.75, 3.05) is 6.61 Å². The normalized spacial score (nSPS) is 11.5. The lowest BCUT2D eigenvalue weighted by Crippen LogP contribution is -2.22. The highest BCUT2D eigenvalue weighted by molar-refractivity contribution is 5.72. The number of carboxylic acids is 1. The van der Waals surface area contributed by atoms with E-state index in [1.54, 1.807) is 6.92 Å². The van der Waals surface area contributed by atoms with E-state index < -0.39 is 12.1 Å². The van der Waals surface area contributed by atoms with Crippen LogP contribution >= 0.6 is 0 Å². The summed E-state index contributed by atoms with van der Waals surface area (Å²) in [6, 6.07) is 0. The summed E-state index contributed by atoms with van der Waals surface area (Å²) < 4.78 is 5.03. The molecule has 0 heterocycles. The summed E-state index contributed by atoms with van der Waals surface area (Å²) in [4.78, 5) is 10.5. The smallest absolute Gasteiger partial charge is 0.332 e. The highest BCUT2D eigenvalue weighted by Crippen LogP contribution is 1.96. The van der Waals surface area contributed by atoms with Gasteiger partial charge in [-0.3, -0.25) is 0 Å². The average molecular weight is 184 g/mol. The monoisotopic (exact) mass is 184 g/mol. The first-order valence-electron chi connectivity index (χ1n) is 4.52. The van der Waals surface area contributed by atoms with E-state index in [1.165, 1.54) is 0 Å². The van der Waals surface area contributed by atoms with Crippen LogP contribution in [0.2, 0.25) is 0 Å². The van der Waals surface area contributed by atoms with E-state index in [2.05, 4.69) is 11.8 Å². The summed E-state index contributed by atoms with van der Waals surface area (Å²) in [6.45, 7) is 4.03. The molecule has 0 amide bonds. The van der Waals surface area contributed by atoms with E-state index in [0.29, 0.717) is 6.42 Å². The summed E-state index contributed by atoms with van der Waals surface area (Å²) in [5.41, 5.74) is 0. The van der Waals surface area contributed by atoms with Crippen LogP contribution in [0.5, 0.6) is 0 Å². The number of aliphatic carboxylic acids is 1. The van der Waals surface area contributed by atoms with Crippen LogP contribution in [0.1, 0.15) is 33.1 Å². The molecule has 0 bridgehead atoms. The molecule has 0 radical (unpaired) electrons. The molecule has 3 heteroatoms. The molecule has 0 aliphatic rings. The van der Waals surface area contributed by atoms with Gasteiger partial charge in [0.2, 0.25) is 0 Å². The molecule has 1 atom stereocenters. The Morgan fingerprint density at radius 2 is 2.15 bits per heavy atom. The van der Waals surface area contributed by atoms with Gasteiger partial charge in [0.05, 0.1) is 0 Å². The van der Waals surface area contributed by atoms with Gasteiger partial charge in [-0.25, -0.2) is 4.79 Å². The Bertz CT molecular complexity index is 200. The van der Waals surface area contributed by atoms with Gasteiger partial charge < -0.3 is 9.84 Å². The van der Waals surface area contributed by atoms with Crippen LogP contribution in [0.4, 0.5) is 0 Å². The van der Waals surface area contributed by atoms with Crippen molar-refractivity contribution in [2.45, 2.75) is 39.2 Å². The van der Waals surface area contributed by atoms with Gasteiger partial charge >= 0.3 is 5.97 Å². The molecule has 1 N–H and O–H groups in total. The summed E-state index contributed by atoms with van der Waals surface area (Å²) in [5.74, 6) is 4.74. The Labute approximate surface area is 79.1 Å². The zero-order valence-corrected chi connectivity index (χ0v) is 8.17. The molecule has 13 heavy (non-hydrogen) atoms. The van der Waals surface area contributed by atoms with Gasteiger partial charge in [-0.2, -0.15) is 0 Å². The molecule has 0 saturated heterocycles. The standard InChI is InChI=1S/C10H16O3/c1-3-5-6-7-8-13-9(4-2)10(11)12/h9H,3-5,8H2,1-2H3,(H,11,12). The predicted octanol–water partition coefficient (Wildman–Crippen LogP) is 1.67. The van der Waals surface area contributed by atoms with Crippen LogP contribution in [0.3, 0.4) is 0 Å². The molecule has 3 nitrogen and oxygen atoms in total. The largest absolute Gasteiger partial charge is 0.479 e. The summed E-state index contributed by atoms with van der Waals surface area (Å²) in [5, 5.41) is 8.60. The zero-order chi connectivity index (χ0) is 10.1. The predicted molar refractivity (Wildman–Crippen MR) is 50.4 cm³/mol. The topological polar surface area (TPSA) is 46.5 Å². The number of hydrogen-bond acceptors (Lipinski definition) is 2. The van der Waals surface area contributed by atoms with E-state index in [0.717, 1.165) is 12.8 Å². The second-order valence-corrected chi connectivity index (χ2v) is 2.65. The average Bonchev–Trinajstić information content (AvgIpc) is 2.10. The molecule has 74 valence electrons. The third kappa shape index (κ3) is 6.18. The second-order valence-electron chi connectivity index (χ2n) is 2.65. The van der Waals surface area contributed by atoms with Crippen molar-refractivity contribution in [3.05, 3.63) is 0 Å². The molecule has 0 aromatic carbocycles. The maximum atomic E-state index is 10.5. The van der Waals surface area contributed by atoms with Crippen LogP contribution in [-0.4, -0.2) is 23.8 Å². The zero-order valence-electron chi connectivity index (χ0n) is 8.17. The van der Waals surface area contributed by atoms with Crippen LogP contribution in [0, 0.1) is 11.8 Å². The van der Waals surface area contributed by atoms with Crippen molar-refractivity contribution in [3.8, 4) is 11.8 Å². The minimum atomic E-state index is -0.917. The SMILES string of the molecule is CCCC#CCOC(CC)C(=O)O. The molecule has 0 aliphatic heterocycles. The van der Waals surface area contributed by atoms with Crippen molar-refractivity contribution in [3.63, 3.8) is 0 Å². The maximum absolute atomic E-state index is 10.5. The van der Waals surface area contributed by atoms with Gasteiger partial charge in [-0.05, 0) is 12.8 Å². The van der Waals surface area contributed by atoms with Crippen molar-refractivity contribution >= 4 is 5.97 Å². The third-order valence-corrected chi connectivity index (χ3v) is 1.50. The van der Waals surface area contributed by atoms with Gasteiger partial charge in [0, 0.05) is 6.42 Å². The lowest BCUT2D eigenvalue weighted by atomic mass is 10.3. The molecule has 0 aliphatic carbocycles. The van der Waals surface area contributed by atoms with E-state index in [4.69, 9.17) is 9.84 Å². The summed E-state index contributed by atoms with van der Waals surface area (Å²) in [7, 11) is 0. The van der Waals surface area contributed by atoms with E-state index in [9.17, 15) is 4.79 Å². The summed E-state index contributed by atoms with van der Waals surface area (Å²) >= 11 is 0. The molecule has 0 rings (SSSR count). The molecule has 0 spiro atoms. The molecular weight excluding hydrogens is 168 g/mol. The fourth-order valence-electron chi connectivity index (χ4n) is 0.770. The first-order chi connectivity index (χ1) is 6.22. The molecule has 0 saturated carbocycles. The highest BCUT2D eigenvalue weighted by atomic mass is 16.5. The van der Waals surface area contributed by atoms with E-state index >= 15 is 0 Å². The number of carbonyl (C=O) groups is 1. The maximum Gasteiger partial charge on any atom is 0.332 e. The fourth-order valence-corrected chi connectivity index (χ4v) is 0.770. The molecule has 1 unspecified atom stereocenters. The van der Waals surface area contributed by atoms with Crippen molar-refractivity contribution in [1.82, 2.24) is 0 Å². The van der Waals surface area contributed by atoms with Crippen LogP contribution < -0.4 is 0 Å². The first kappa shape index (κ1) is 12.0. The lowest BCUT2D eigenvalue weighted by molar-refractivity contribution is -0.149. The van der Waals surface area contributed by atoms with Crippen molar-refractivity contribution < 1.29 is 14.6 Å². The number of unbranched alkanes of at least 4 members (excludes halogenated alkanes) is 1. The van der Waals surface area contributed by atoms with Crippen molar-refractivity contribution in [2.24, 2.45) is 0 Å². The van der Waals surface area contributed by atoms with Gasteiger partial charge in [0.25, 0.3) is 0 Å². The quantitative estimate of drug-likeness (QED) is 0.661. The Hall–Kier alpha value is -1.01. The molecule has 0 fully saturated rings. The van der Waals surface area contributed by atoms with Gasteiger partial charge in [-0.1, -0.05) is 19.8 Å². The summed E-state index contributed by atoms with van der Waals surface area (Å²) in [6.07, 6.45) is 1.62. The molecular formula is C10H16O3. The van der Waals surface area contributed by atoms with Gasteiger partial charge in [-0.15, -0.1) is 5.92 Å². The number of hydrogen-bond donors (Lipinski definition) is 1. The van der Waals surface area contributed by atoms with Crippen LogP contribution in [-0.2, 0) is 9.53 Å². The Kier molecular flexibility index (Phi) is 7.04. The Morgan fingerprint density at radius 1 is 1.46 bits per heavy atom. The first-order valence-corrected chi connectivity index (χ1v) is 4.52. The molecule has 0 aromatic rings. The number of carboxylic acid groups (broad SMARTS) is 1. The Morgan fingerprint density at radius 3 is 2.62 bits per heavy atom. The minimum Gasteiger partial charge on any atom is -0.479 e. The molecule has 0 aromatic heterocycles. The lowest BCUT2D eigenvalue weighted by Gasteiger charge is -2.07. The van der Waals surface area contributed by atoms with Crippen LogP contribution in [0.25, 0.3) is 0 Å². The van der Waals surface area contributed by atoms with Gasteiger partial charge in [0.15, 0.2) is 6.10 Å². The highest BCUT2D eigenvalue weighted by Gasteiger charge is 2.13. The number of ether oxygens (including phenoxy) is 1. The fraction of sp³-hybridized carbons (Fsp3) is 0.700. The Balaban J connectivity index is 3.62. The number of rotatable bonds is 5. The minimum absolute atomic E-state index is 0.213. The van der Waals surface area contributed by atoms with Gasteiger partial charge in [0.1, 0.15) is 6.61 Å². The van der Waals surface area contributed by atoms with E-state index in [-0.39, 0.29) is 6.61 Å². The second kappa shape index (κ2) is 7.63.